The summed E-state index contributed by atoms with van der Waals surface area (Å²) in [6, 6.07) is 2.02. The van der Waals surface area contributed by atoms with Gasteiger partial charge in [-0.3, -0.25) is 10.1 Å². The fourth-order valence-corrected chi connectivity index (χ4v) is 1.97. The first kappa shape index (κ1) is 11.6. The molecule has 0 saturated carbocycles. The van der Waals surface area contributed by atoms with Crippen molar-refractivity contribution < 1.29 is 0 Å². The number of pyridine rings is 1. The summed E-state index contributed by atoms with van der Waals surface area (Å²) in [5.41, 5.74) is 6.77. The maximum atomic E-state index is 4.30. The SMILES string of the molecule is Cc1ccnc(C)c1NCc1c(C)n[nH]c1C. The van der Waals surface area contributed by atoms with Crippen molar-refractivity contribution in [1.82, 2.24) is 15.2 Å². The summed E-state index contributed by atoms with van der Waals surface area (Å²) in [6.07, 6.45) is 1.84. The van der Waals surface area contributed by atoms with Crippen LogP contribution in [0.5, 0.6) is 0 Å². The van der Waals surface area contributed by atoms with Crippen molar-refractivity contribution in [3.8, 4) is 0 Å². The lowest BCUT2D eigenvalue weighted by molar-refractivity contribution is 1.02. The van der Waals surface area contributed by atoms with E-state index in [0.29, 0.717) is 0 Å². The quantitative estimate of drug-likeness (QED) is 0.852. The Morgan fingerprint density at radius 1 is 1.18 bits per heavy atom. The van der Waals surface area contributed by atoms with Crippen molar-refractivity contribution in [2.24, 2.45) is 0 Å². The lowest BCUT2D eigenvalue weighted by atomic mass is 10.1. The second kappa shape index (κ2) is 4.57. The van der Waals surface area contributed by atoms with E-state index in [1.54, 1.807) is 0 Å². The molecule has 0 aliphatic carbocycles. The zero-order valence-electron chi connectivity index (χ0n) is 10.8. The third kappa shape index (κ3) is 2.30. The van der Waals surface area contributed by atoms with E-state index in [2.05, 4.69) is 27.4 Å². The summed E-state index contributed by atoms with van der Waals surface area (Å²) >= 11 is 0. The van der Waals surface area contributed by atoms with Crippen molar-refractivity contribution >= 4 is 5.69 Å². The molecule has 4 nitrogen and oxygen atoms in total. The predicted molar refractivity (Wildman–Crippen MR) is 69.1 cm³/mol. The van der Waals surface area contributed by atoms with E-state index in [9.17, 15) is 0 Å². The van der Waals surface area contributed by atoms with Crippen LogP contribution in [0.1, 0.15) is 28.2 Å². The number of aromatic nitrogens is 3. The van der Waals surface area contributed by atoms with Gasteiger partial charge in [0.1, 0.15) is 0 Å². The van der Waals surface area contributed by atoms with Crippen LogP contribution in [-0.4, -0.2) is 15.2 Å². The molecule has 2 aromatic rings. The number of nitrogens with zero attached hydrogens (tertiary/aromatic N) is 2. The zero-order valence-corrected chi connectivity index (χ0v) is 10.8. The molecule has 0 bridgehead atoms. The lowest BCUT2D eigenvalue weighted by Gasteiger charge is -2.11. The van der Waals surface area contributed by atoms with Gasteiger partial charge in [-0.1, -0.05) is 0 Å². The minimum Gasteiger partial charge on any atom is -0.379 e. The van der Waals surface area contributed by atoms with Crippen LogP contribution in [-0.2, 0) is 6.54 Å². The zero-order chi connectivity index (χ0) is 12.4. The summed E-state index contributed by atoms with van der Waals surface area (Å²) in [5.74, 6) is 0. The summed E-state index contributed by atoms with van der Waals surface area (Å²) < 4.78 is 0. The molecule has 0 atom stereocenters. The van der Waals surface area contributed by atoms with Crippen molar-refractivity contribution in [1.29, 1.82) is 0 Å². The summed E-state index contributed by atoms with van der Waals surface area (Å²) in [5, 5.41) is 10.6. The van der Waals surface area contributed by atoms with Gasteiger partial charge in [0, 0.05) is 24.0 Å². The summed E-state index contributed by atoms with van der Waals surface area (Å²) in [7, 11) is 0. The number of aryl methyl sites for hydroxylation is 4. The molecule has 2 heterocycles. The fraction of sp³-hybridized carbons (Fsp3) is 0.385. The van der Waals surface area contributed by atoms with Gasteiger partial charge < -0.3 is 5.32 Å². The standard InChI is InChI=1S/C13H18N4/c1-8-5-6-14-11(4)13(8)15-7-12-9(2)16-17-10(12)3/h5-6,15H,7H2,1-4H3,(H,16,17). The van der Waals surface area contributed by atoms with Crippen LogP contribution in [0.15, 0.2) is 12.3 Å². The number of hydrogen-bond acceptors (Lipinski definition) is 3. The van der Waals surface area contributed by atoms with Crippen LogP contribution in [0.25, 0.3) is 0 Å². The van der Waals surface area contributed by atoms with Crippen molar-refractivity contribution in [2.45, 2.75) is 34.2 Å². The number of rotatable bonds is 3. The van der Waals surface area contributed by atoms with E-state index in [4.69, 9.17) is 0 Å². The van der Waals surface area contributed by atoms with Crippen LogP contribution in [0.2, 0.25) is 0 Å². The summed E-state index contributed by atoms with van der Waals surface area (Å²) in [4.78, 5) is 4.30. The van der Waals surface area contributed by atoms with Gasteiger partial charge in [-0.2, -0.15) is 5.10 Å². The predicted octanol–water partition coefficient (Wildman–Crippen LogP) is 2.65. The highest BCUT2D eigenvalue weighted by molar-refractivity contribution is 5.54. The van der Waals surface area contributed by atoms with Gasteiger partial charge in [0.05, 0.1) is 17.1 Å². The molecule has 2 N–H and O–H groups in total. The number of H-pyrrole nitrogens is 1. The van der Waals surface area contributed by atoms with Gasteiger partial charge in [-0.05, 0) is 39.3 Å². The van der Waals surface area contributed by atoms with Crippen LogP contribution in [0.4, 0.5) is 5.69 Å². The molecule has 17 heavy (non-hydrogen) atoms. The molecule has 0 unspecified atom stereocenters. The maximum Gasteiger partial charge on any atom is 0.0643 e. The molecule has 0 aromatic carbocycles. The van der Waals surface area contributed by atoms with Crippen molar-refractivity contribution in [2.75, 3.05) is 5.32 Å². The Labute approximate surface area is 101 Å². The second-order valence-corrected chi connectivity index (χ2v) is 4.35. The van der Waals surface area contributed by atoms with Gasteiger partial charge in [0.15, 0.2) is 0 Å². The molecule has 0 radical (unpaired) electrons. The molecular formula is C13H18N4. The molecule has 0 spiro atoms. The van der Waals surface area contributed by atoms with Crippen LogP contribution >= 0.6 is 0 Å². The average Bonchev–Trinajstić information content (AvgIpc) is 2.59. The molecule has 0 aliphatic heterocycles. The lowest BCUT2D eigenvalue weighted by Crippen LogP contribution is -2.05. The molecular weight excluding hydrogens is 212 g/mol. The van der Waals surface area contributed by atoms with E-state index in [1.807, 2.05) is 33.0 Å². The Morgan fingerprint density at radius 2 is 1.94 bits per heavy atom. The first-order chi connectivity index (χ1) is 8.09. The molecule has 0 aliphatic rings. The minimum absolute atomic E-state index is 0.779. The Hall–Kier alpha value is -1.84. The maximum absolute atomic E-state index is 4.30. The van der Waals surface area contributed by atoms with E-state index in [-0.39, 0.29) is 0 Å². The molecule has 0 saturated heterocycles. The normalized spacial score (nSPS) is 10.6. The highest BCUT2D eigenvalue weighted by Crippen LogP contribution is 2.19. The van der Waals surface area contributed by atoms with E-state index < -0.39 is 0 Å². The third-order valence-corrected chi connectivity index (χ3v) is 3.07. The van der Waals surface area contributed by atoms with Gasteiger partial charge in [-0.25, -0.2) is 0 Å². The molecule has 2 aromatic heterocycles. The van der Waals surface area contributed by atoms with Crippen molar-refractivity contribution in [3.63, 3.8) is 0 Å². The van der Waals surface area contributed by atoms with Gasteiger partial charge in [0.2, 0.25) is 0 Å². The smallest absolute Gasteiger partial charge is 0.0643 e. The highest BCUT2D eigenvalue weighted by atomic mass is 15.1. The van der Waals surface area contributed by atoms with Crippen LogP contribution < -0.4 is 5.32 Å². The van der Waals surface area contributed by atoms with Crippen LogP contribution in [0.3, 0.4) is 0 Å². The van der Waals surface area contributed by atoms with Crippen molar-refractivity contribution in [3.05, 3.63) is 40.5 Å². The molecule has 0 amide bonds. The highest BCUT2D eigenvalue weighted by Gasteiger charge is 2.08. The minimum atomic E-state index is 0.779. The first-order valence-corrected chi connectivity index (χ1v) is 5.76. The molecule has 2 rings (SSSR count). The Morgan fingerprint density at radius 3 is 2.53 bits per heavy atom. The first-order valence-electron chi connectivity index (χ1n) is 5.76. The molecule has 90 valence electrons. The largest absolute Gasteiger partial charge is 0.379 e. The third-order valence-electron chi connectivity index (χ3n) is 3.07. The monoisotopic (exact) mass is 230 g/mol. The number of nitrogens with one attached hydrogen (secondary N) is 2. The summed E-state index contributed by atoms with van der Waals surface area (Å²) in [6.45, 7) is 8.95. The Balaban J connectivity index is 2.18. The van der Waals surface area contributed by atoms with E-state index in [0.717, 1.165) is 29.3 Å². The Bertz CT molecular complexity index is 488. The van der Waals surface area contributed by atoms with E-state index >= 15 is 0 Å². The van der Waals surface area contributed by atoms with Gasteiger partial charge >= 0.3 is 0 Å². The molecule has 0 fully saturated rings. The molecule has 4 heteroatoms. The van der Waals surface area contributed by atoms with E-state index in [1.165, 1.54) is 11.1 Å². The fourth-order valence-electron chi connectivity index (χ4n) is 1.97. The topological polar surface area (TPSA) is 53.6 Å². The van der Waals surface area contributed by atoms with Gasteiger partial charge in [0.25, 0.3) is 0 Å². The Kier molecular flexibility index (Phi) is 3.13. The van der Waals surface area contributed by atoms with Crippen LogP contribution in [0, 0.1) is 27.7 Å². The van der Waals surface area contributed by atoms with Gasteiger partial charge in [-0.15, -0.1) is 0 Å². The number of anilines is 1. The second-order valence-electron chi connectivity index (χ2n) is 4.35. The number of aromatic amines is 1. The number of hydrogen-bond donors (Lipinski definition) is 2. The average molecular weight is 230 g/mol.